The van der Waals surface area contributed by atoms with Crippen LogP contribution in [0, 0.1) is 11.8 Å². The maximum Gasteiger partial charge on any atom is 0.000934 e. The smallest absolute Gasteiger partial charge is 0.000934 e. The number of nitrogens with zero attached hydrogens (tertiary/aromatic N) is 1. The van der Waals surface area contributed by atoms with Gasteiger partial charge in [-0.2, -0.15) is 0 Å². The van der Waals surface area contributed by atoms with Crippen LogP contribution in [0.15, 0.2) is 0 Å². The van der Waals surface area contributed by atoms with Gasteiger partial charge in [0.05, 0.1) is 0 Å². The molecule has 1 heterocycles. The van der Waals surface area contributed by atoms with Crippen LogP contribution in [-0.4, -0.2) is 37.6 Å². The number of rotatable bonds is 8. The van der Waals surface area contributed by atoms with Gasteiger partial charge in [0.1, 0.15) is 0 Å². The second-order valence-corrected chi connectivity index (χ2v) is 5.58. The first kappa shape index (κ1) is 15.0. The summed E-state index contributed by atoms with van der Waals surface area (Å²) in [4.78, 5) is 2.66. The van der Waals surface area contributed by atoms with Crippen molar-refractivity contribution in [2.24, 2.45) is 11.8 Å². The fourth-order valence-corrected chi connectivity index (χ4v) is 2.83. The van der Waals surface area contributed by atoms with Crippen molar-refractivity contribution in [3.8, 4) is 0 Å². The van der Waals surface area contributed by atoms with Gasteiger partial charge in [0.15, 0.2) is 0 Å². The predicted octanol–water partition coefficient (Wildman–Crippen LogP) is 3.13. The van der Waals surface area contributed by atoms with E-state index in [-0.39, 0.29) is 0 Å². The van der Waals surface area contributed by atoms with E-state index in [1.54, 1.807) is 0 Å². The van der Waals surface area contributed by atoms with Gasteiger partial charge < -0.3 is 10.2 Å². The number of piperidine rings is 1. The van der Waals surface area contributed by atoms with E-state index in [0.717, 1.165) is 11.8 Å². The average Bonchev–Trinajstić information content (AvgIpc) is 2.40. The summed E-state index contributed by atoms with van der Waals surface area (Å²) in [6.07, 6.45) is 6.87. The lowest BCUT2D eigenvalue weighted by atomic mass is 9.95. The Morgan fingerprint density at radius 3 is 2.53 bits per heavy atom. The summed E-state index contributed by atoms with van der Waals surface area (Å²) < 4.78 is 0. The third-order valence-electron chi connectivity index (χ3n) is 4.37. The molecule has 0 saturated carbocycles. The Morgan fingerprint density at radius 1 is 1.24 bits per heavy atom. The van der Waals surface area contributed by atoms with Crippen LogP contribution < -0.4 is 5.32 Å². The van der Waals surface area contributed by atoms with Crippen molar-refractivity contribution in [3.05, 3.63) is 0 Å². The third kappa shape index (κ3) is 5.87. The zero-order valence-corrected chi connectivity index (χ0v) is 12.2. The van der Waals surface area contributed by atoms with E-state index in [9.17, 15) is 0 Å². The minimum atomic E-state index is 0.902. The molecule has 0 radical (unpaired) electrons. The van der Waals surface area contributed by atoms with E-state index in [1.165, 1.54) is 64.8 Å². The molecule has 1 aliphatic heterocycles. The molecule has 1 saturated heterocycles. The first-order valence-corrected chi connectivity index (χ1v) is 7.73. The molecule has 1 unspecified atom stereocenters. The maximum absolute atomic E-state index is 3.52. The highest BCUT2D eigenvalue weighted by atomic mass is 15.1. The molecular formula is C15H32N2. The quantitative estimate of drug-likeness (QED) is 0.701. The van der Waals surface area contributed by atoms with Gasteiger partial charge in [-0.1, -0.05) is 33.6 Å². The second-order valence-electron chi connectivity index (χ2n) is 5.58. The van der Waals surface area contributed by atoms with Gasteiger partial charge in [-0.3, -0.25) is 0 Å². The van der Waals surface area contributed by atoms with Gasteiger partial charge in [0.2, 0.25) is 0 Å². The molecule has 2 heteroatoms. The van der Waals surface area contributed by atoms with E-state index < -0.39 is 0 Å². The molecule has 0 aromatic rings. The fourth-order valence-electron chi connectivity index (χ4n) is 2.83. The van der Waals surface area contributed by atoms with Crippen LogP contribution >= 0.6 is 0 Å². The molecule has 102 valence electrons. The molecule has 1 rings (SSSR count). The first-order chi connectivity index (χ1) is 8.30. The van der Waals surface area contributed by atoms with Crippen LogP contribution in [0.2, 0.25) is 0 Å². The van der Waals surface area contributed by atoms with E-state index in [1.807, 2.05) is 0 Å². The summed E-state index contributed by atoms with van der Waals surface area (Å²) >= 11 is 0. The topological polar surface area (TPSA) is 15.3 Å². The lowest BCUT2D eigenvalue weighted by Crippen LogP contribution is -2.35. The summed E-state index contributed by atoms with van der Waals surface area (Å²) in [7, 11) is 0. The molecule has 1 atom stereocenters. The van der Waals surface area contributed by atoms with Crippen LogP contribution in [0.4, 0.5) is 0 Å². The van der Waals surface area contributed by atoms with Crippen molar-refractivity contribution >= 4 is 0 Å². The molecule has 0 spiro atoms. The van der Waals surface area contributed by atoms with Crippen molar-refractivity contribution in [1.29, 1.82) is 0 Å². The molecule has 1 aliphatic rings. The number of nitrogens with one attached hydrogen (secondary N) is 1. The largest absolute Gasteiger partial charge is 0.316 e. The zero-order valence-electron chi connectivity index (χ0n) is 12.2. The van der Waals surface area contributed by atoms with Crippen LogP contribution in [0.3, 0.4) is 0 Å². The summed E-state index contributed by atoms with van der Waals surface area (Å²) in [6.45, 7) is 13.3. The predicted molar refractivity (Wildman–Crippen MR) is 76.4 cm³/mol. The van der Waals surface area contributed by atoms with Gasteiger partial charge in [-0.25, -0.2) is 0 Å². The van der Waals surface area contributed by atoms with Crippen LogP contribution in [0.5, 0.6) is 0 Å². The molecule has 0 amide bonds. The number of hydrogen-bond acceptors (Lipinski definition) is 2. The van der Waals surface area contributed by atoms with Crippen molar-refractivity contribution in [3.63, 3.8) is 0 Å². The van der Waals surface area contributed by atoms with Gasteiger partial charge in [0, 0.05) is 6.54 Å². The molecule has 0 bridgehead atoms. The van der Waals surface area contributed by atoms with Crippen molar-refractivity contribution in [2.75, 3.05) is 32.7 Å². The third-order valence-corrected chi connectivity index (χ3v) is 4.37. The van der Waals surface area contributed by atoms with Gasteiger partial charge in [-0.05, 0) is 57.3 Å². The van der Waals surface area contributed by atoms with Gasteiger partial charge in [-0.15, -0.1) is 0 Å². The monoisotopic (exact) mass is 240 g/mol. The lowest BCUT2D eigenvalue weighted by Gasteiger charge is -2.28. The molecule has 0 aromatic carbocycles. The second kappa shape index (κ2) is 8.93. The van der Waals surface area contributed by atoms with Crippen LogP contribution in [0.25, 0.3) is 0 Å². The molecular weight excluding hydrogens is 208 g/mol. The normalized spacial score (nSPS) is 21.4. The van der Waals surface area contributed by atoms with E-state index >= 15 is 0 Å². The fraction of sp³-hybridized carbons (Fsp3) is 1.00. The Bertz CT molecular complexity index is 172. The molecule has 2 nitrogen and oxygen atoms in total. The van der Waals surface area contributed by atoms with Gasteiger partial charge >= 0.3 is 0 Å². The zero-order chi connectivity index (χ0) is 12.5. The minimum absolute atomic E-state index is 0.902. The SMILES string of the molecule is CCC(CC)CN(CC)CCC1CCCNC1. The Morgan fingerprint density at radius 2 is 2.00 bits per heavy atom. The number of hydrogen-bond donors (Lipinski definition) is 1. The Balaban J connectivity index is 2.20. The first-order valence-electron chi connectivity index (χ1n) is 7.73. The van der Waals surface area contributed by atoms with Crippen molar-refractivity contribution in [2.45, 2.75) is 52.9 Å². The summed E-state index contributed by atoms with van der Waals surface area (Å²) in [5.74, 6) is 1.83. The highest BCUT2D eigenvalue weighted by Crippen LogP contribution is 2.16. The molecule has 0 aromatic heterocycles. The molecule has 1 N–H and O–H groups in total. The summed E-state index contributed by atoms with van der Waals surface area (Å²) in [6, 6.07) is 0. The standard InChI is InChI=1S/C15H32N2/c1-4-14(5-2)13-17(6-3)11-9-15-8-7-10-16-12-15/h14-16H,4-13H2,1-3H3. The van der Waals surface area contributed by atoms with E-state index in [4.69, 9.17) is 0 Å². The van der Waals surface area contributed by atoms with E-state index in [0.29, 0.717) is 0 Å². The highest BCUT2D eigenvalue weighted by Gasteiger charge is 2.15. The van der Waals surface area contributed by atoms with Crippen LogP contribution in [0.1, 0.15) is 52.9 Å². The van der Waals surface area contributed by atoms with Crippen LogP contribution in [-0.2, 0) is 0 Å². The summed E-state index contributed by atoms with van der Waals surface area (Å²) in [5.41, 5.74) is 0. The minimum Gasteiger partial charge on any atom is -0.316 e. The maximum atomic E-state index is 3.52. The Kier molecular flexibility index (Phi) is 7.87. The van der Waals surface area contributed by atoms with E-state index in [2.05, 4.69) is 31.0 Å². The summed E-state index contributed by atoms with van der Waals surface area (Å²) in [5, 5.41) is 3.52. The van der Waals surface area contributed by atoms with Crippen molar-refractivity contribution < 1.29 is 0 Å². The highest BCUT2D eigenvalue weighted by molar-refractivity contribution is 4.71. The molecule has 17 heavy (non-hydrogen) atoms. The molecule has 0 aliphatic carbocycles. The van der Waals surface area contributed by atoms with Crippen molar-refractivity contribution in [1.82, 2.24) is 10.2 Å². The average molecular weight is 240 g/mol. The van der Waals surface area contributed by atoms with Gasteiger partial charge in [0.25, 0.3) is 0 Å². The Hall–Kier alpha value is -0.0800. The lowest BCUT2D eigenvalue weighted by molar-refractivity contribution is 0.209. The molecule has 1 fully saturated rings. The Labute approximate surface area is 108 Å².